The summed E-state index contributed by atoms with van der Waals surface area (Å²) in [4.78, 5) is 4.23. The molecule has 0 unspecified atom stereocenters. The van der Waals surface area contributed by atoms with Crippen LogP contribution in [0.5, 0.6) is 0 Å². The molecule has 0 fully saturated rings. The molecule has 0 bridgehead atoms. The third kappa shape index (κ3) is 3.76. The molecule has 0 aliphatic rings. The fraction of sp³-hybridized carbons (Fsp3) is 0.182. The summed E-state index contributed by atoms with van der Waals surface area (Å²) >= 11 is 10.1. The highest BCUT2D eigenvalue weighted by atomic mass is 79.9. The zero-order valence-electron chi connectivity index (χ0n) is 9.85. The minimum absolute atomic E-state index is 0.150. The molecule has 0 aliphatic heterocycles. The molecule has 19 heavy (non-hydrogen) atoms. The lowest BCUT2D eigenvalue weighted by atomic mass is 10.3. The van der Waals surface area contributed by atoms with E-state index in [1.807, 2.05) is 19.1 Å². The number of aryl methyl sites for hydroxylation is 1. The lowest BCUT2D eigenvalue weighted by molar-refractivity contribution is 0.582. The maximum Gasteiger partial charge on any atom is 0.250 e. The van der Waals surface area contributed by atoms with E-state index in [9.17, 15) is 8.42 Å². The molecule has 0 amide bonds. The molecule has 0 aliphatic carbocycles. The van der Waals surface area contributed by atoms with Crippen LogP contribution in [0, 0.1) is 6.92 Å². The van der Waals surface area contributed by atoms with Crippen LogP contribution in [0.1, 0.15) is 11.4 Å². The van der Waals surface area contributed by atoms with Gasteiger partial charge in [-0.1, -0.05) is 17.7 Å². The molecule has 2 heterocycles. The average Bonchev–Trinajstić information content (AvgIpc) is 2.68. The lowest BCUT2D eigenvalue weighted by Crippen LogP contribution is -2.22. The fourth-order valence-electron chi connectivity index (χ4n) is 1.40. The molecular weight excluding hydrogens is 372 g/mol. The van der Waals surface area contributed by atoms with Crippen molar-refractivity contribution in [3.05, 3.63) is 44.5 Å². The summed E-state index contributed by atoms with van der Waals surface area (Å²) in [6, 6.07) is 6.88. The Labute approximate surface area is 129 Å². The van der Waals surface area contributed by atoms with Crippen molar-refractivity contribution in [1.82, 2.24) is 9.71 Å². The van der Waals surface area contributed by atoms with E-state index in [0.717, 1.165) is 17.0 Å². The van der Waals surface area contributed by atoms with E-state index in [-0.39, 0.29) is 10.8 Å². The van der Waals surface area contributed by atoms with Gasteiger partial charge in [-0.25, -0.2) is 13.1 Å². The van der Waals surface area contributed by atoms with Gasteiger partial charge in [0, 0.05) is 5.69 Å². The number of rotatable bonds is 4. The average molecular weight is 382 g/mol. The lowest BCUT2D eigenvalue weighted by Gasteiger charge is -2.04. The van der Waals surface area contributed by atoms with Gasteiger partial charge in [0.05, 0.1) is 21.0 Å². The standard InChI is InChI=1S/C11H10BrClN2O2S2/c1-7-3-2-4-8(15-7)6-14-19(16,17)10-5-9(13)11(12)18-10/h2-5,14H,6H2,1H3. The fourth-order valence-corrected chi connectivity index (χ4v) is 4.84. The van der Waals surface area contributed by atoms with Crippen LogP contribution >= 0.6 is 38.9 Å². The number of hydrogen-bond acceptors (Lipinski definition) is 4. The maximum atomic E-state index is 12.0. The number of sulfonamides is 1. The first-order valence-corrected chi connectivity index (χ1v) is 8.72. The smallest absolute Gasteiger partial charge is 0.250 e. The second-order valence-corrected chi connectivity index (χ2v) is 8.55. The Morgan fingerprint density at radius 3 is 2.79 bits per heavy atom. The molecule has 102 valence electrons. The van der Waals surface area contributed by atoms with Crippen LogP contribution in [-0.4, -0.2) is 13.4 Å². The molecule has 0 spiro atoms. The summed E-state index contributed by atoms with van der Waals surface area (Å²) in [7, 11) is -3.56. The second-order valence-electron chi connectivity index (χ2n) is 3.78. The van der Waals surface area contributed by atoms with Crippen molar-refractivity contribution in [3.63, 3.8) is 0 Å². The van der Waals surface area contributed by atoms with E-state index in [1.165, 1.54) is 6.07 Å². The van der Waals surface area contributed by atoms with Crippen LogP contribution in [0.4, 0.5) is 0 Å². The van der Waals surface area contributed by atoms with Gasteiger partial charge < -0.3 is 0 Å². The number of aromatic nitrogens is 1. The van der Waals surface area contributed by atoms with Crippen molar-refractivity contribution in [2.45, 2.75) is 17.7 Å². The Morgan fingerprint density at radius 2 is 2.21 bits per heavy atom. The highest BCUT2D eigenvalue weighted by Gasteiger charge is 2.18. The number of hydrogen-bond donors (Lipinski definition) is 1. The summed E-state index contributed by atoms with van der Waals surface area (Å²) in [5.74, 6) is 0. The molecule has 2 aromatic heterocycles. The third-order valence-corrected chi connectivity index (χ3v) is 6.63. The summed E-state index contributed by atoms with van der Waals surface area (Å²) in [6.07, 6.45) is 0. The molecule has 0 saturated heterocycles. The minimum atomic E-state index is -3.56. The van der Waals surface area contributed by atoms with Gasteiger partial charge in [0.2, 0.25) is 10.0 Å². The molecule has 8 heteroatoms. The highest BCUT2D eigenvalue weighted by molar-refractivity contribution is 9.11. The van der Waals surface area contributed by atoms with Gasteiger partial charge in [0.25, 0.3) is 0 Å². The van der Waals surface area contributed by atoms with Crippen LogP contribution < -0.4 is 4.72 Å². The van der Waals surface area contributed by atoms with E-state index >= 15 is 0 Å². The van der Waals surface area contributed by atoms with Gasteiger partial charge in [-0.15, -0.1) is 11.3 Å². The third-order valence-electron chi connectivity index (χ3n) is 2.28. The van der Waals surface area contributed by atoms with Crippen molar-refractivity contribution < 1.29 is 8.42 Å². The number of halogens is 2. The summed E-state index contributed by atoms with van der Waals surface area (Å²) < 4.78 is 27.4. The molecule has 1 N–H and O–H groups in total. The van der Waals surface area contributed by atoms with Crippen LogP contribution in [0.25, 0.3) is 0 Å². The van der Waals surface area contributed by atoms with Gasteiger partial charge in [0.15, 0.2) is 0 Å². The second kappa shape index (κ2) is 5.88. The molecule has 2 rings (SSSR count). The summed E-state index contributed by atoms with van der Waals surface area (Å²) in [6.45, 7) is 2.01. The summed E-state index contributed by atoms with van der Waals surface area (Å²) in [5.41, 5.74) is 1.52. The largest absolute Gasteiger partial charge is 0.257 e. The van der Waals surface area contributed by atoms with Crippen molar-refractivity contribution in [2.75, 3.05) is 0 Å². The number of pyridine rings is 1. The minimum Gasteiger partial charge on any atom is -0.257 e. The molecule has 0 aromatic carbocycles. The maximum absolute atomic E-state index is 12.0. The Morgan fingerprint density at radius 1 is 1.47 bits per heavy atom. The first kappa shape index (κ1) is 14.9. The zero-order valence-corrected chi connectivity index (χ0v) is 13.8. The van der Waals surface area contributed by atoms with E-state index in [2.05, 4.69) is 25.6 Å². The quantitative estimate of drug-likeness (QED) is 0.883. The van der Waals surface area contributed by atoms with Gasteiger partial charge in [0.1, 0.15) is 4.21 Å². The van der Waals surface area contributed by atoms with Crippen molar-refractivity contribution in [3.8, 4) is 0 Å². The van der Waals surface area contributed by atoms with Gasteiger partial charge >= 0.3 is 0 Å². The Bertz CT molecular complexity index is 681. The molecule has 2 aromatic rings. The van der Waals surface area contributed by atoms with Gasteiger partial charge in [-0.2, -0.15) is 0 Å². The van der Waals surface area contributed by atoms with Crippen LogP contribution in [0.15, 0.2) is 32.3 Å². The Balaban J connectivity index is 2.14. The van der Waals surface area contributed by atoms with Gasteiger partial charge in [-0.3, -0.25) is 4.98 Å². The van der Waals surface area contributed by atoms with Gasteiger partial charge in [-0.05, 0) is 41.1 Å². The van der Waals surface area contributed by atoms with Crippen molar-refractivity contribution >= 4 is 48.9 Å². The van der Waals surface area contributed by atoms with Crippen LogP contribution in [0.2, 0.25) is 5.02 Å². The summed E-state index contributed by atoms with van der Waals surface area (Å²) in [5, 5.41) is 0.388. The van der Waals surface area contributed by atoms with E-state index in [1.54, 1.807) is 6.07 Å². The molecule has 0 saturated carbocycles. The predicted octanol–water partition coefficient (Wildman–Crippen LogP) is 3.35. The SMILES string of the molecule is Cc1cccc(CNS(=O)(=O)c2cc(Cl)c(Br)s2)n1. The topological polar surface area (TPSA) is 59.1 Å². The number of nitrogens with zero attached hydrogens (tertiary/aromatic N) is 1. The molecular formula is C11H10BrClN2O2S2. The normalized spacial score (nSPS) is 11.7. The first-order chi connectivity index (χ1) is 8.88. The van der Waals surface area contributed by atoms with Crippen LogP contribution in [0.3, 0.4) is 0 Å². The molecule has 0 radical (unpaired) electrons. The number of thiophene rings is 1. The Kier molecular flexibility index (Phi) is 4.62. The predicted molar refractivity (Wildman–Crippen MR) is 80.0 cm³/mol. The number of nitrogens with one attached hydrogen (secondary N) is 1. The Hall–Kier alpha value is -0.470. The van der Waals surface area contributed by atoms with E-state index < -0.39 is 10.0 Å². The highest BCUT2D eigenvalue weighted by Crippen LogP contribution is 2.34. The monoisotopic (exact) mass is 380 g/mol. The van der Waals surface area contributed by atoms with E-state index in [4.69, 9.17) is 11.6 Å². The molecule has 0 atom stereocenters. The zero-order chi connectivity index (χ0) is 14.0. The van der Waals surface area contributed by atoms with Crippen LogP contribution in [-0.2, 0) is 16.6 Å². The first-order valence-electron chi connectivity index (χ1n) is 5.25. The van der Waals surface area contributed by atoms with E-state index in [0.29, 0.717) is 14.5 Å². The van der Waals surface area contributed by atoms with Crippen molar-refractivity contribution in [2.24, 2.45) is 0 Å². The molecule has 4 nitrogen and oxygen atoms in total. The van der Waals surface area contributed by atoms with Crippen molar-refractivity contribution in [1.29, 1.82) is 0 Å².